The Kier molecular flexibility index (Phi) is 5.02. The molecule has 1 aromatic rings. The third-order valence-electron chi connectivity index (χ3n) is 4.27. The van der Waals surface area contributed by atoms with Crippen molar-refractivity contribution < 1.29 is 4.74 Å². The van der Waals surface area contributed by atoms with E-state index in [2.05, 4.69) is 59.9 Å². The highest BCUT2D eigenvalue weighted by atomic mass is 79.9. The van der Waals surface area contributed by atoms with E-state index in [1.807, 2.05) is 0 Å². The highest BCUT2D eigenvalue weighted by Crippen LogP contribution is 2.29. The second-order valence-electron chi connectivity index (χ2n) is 5.45. The smallest absolute Gasteiger partial charge is 0.0594 e. The second kappa shape index (κ2) is 6.77. The largest absolute Gasteiger partial charge is 0.379 e. The van der Waals surface area contributed by atoms with Crippen molar-refractivity contribution in [1.82, 2.24) is 4.90 Å². The number of ether oxygens (including phenoxy) is 1. The fourth-order valence-electron chi connectivity index (χ4n) is 3.06. The van der Waals surface area contributed by atoms with E-state index in [9.17, 15) is 0 Å². The molecular weight excluding hydrogens is 384 g/mol. The Hall–Kier alpha value is -0.100. The number of alkyl halides is 1. The van der Waals surface area contributed by atoms with Crippen molar-refractivity contribution >= 4 is 37.5 Å². The van der Waals surface area contributed by atoms with Crippen molar-refractivity contribution in [2.75, 3.05) is 44.3 Å². The molecular formula is C15H20Br2N2O. The van der Waals surface area contributed by atoms with Crippen molar-refractivity contribution in [2.24, 2.45) is 0 Å². The number of benzene rings is 1. The molecule has 0 saturated carbocycles. The molecule has 2 saturated heterocycles. The van der Waals surface area contributed by atoms with Crippen molar-refractivity contribution in [3.8, 4) is 0 Å². The standard InChI is InChI=1S/C15H20Br2N2O/c16-10-12-1-2-13(9-15(12)17)19-4-3-14(11-19)18-5-7-20-8-6-18/h1-2,9,14H,3-8,10-11H2. The van der Waals surface area contributed by atoms with Crippen molar-refractivity contribution in [1.29, 1.82) is 0 Å². The van der Waals surface area contributed by atoms with Gasteiger partial charge in [-0.3, -0.25) is 4.90 Å². The van der Waals surface area contributed by atoms with E-state index in [0.29, 0.717) is 6.04 Å². The fraction of sp³-hybridized carbons (Fsp3) is 0.600. The van der Waals surface area contributed by atoms with Crippen LogP contribution in [0.3, 0.4) is 0 Å². The molecule has 0 amide bonds. The molecule has 2 heterocycles. The fourth-order valence-corrected chi connectivity index (χ4v) is 4.43. The molecule has 1 aromatic carbocycles. The topological polar surface area (TPSA) is 15.7 Å². The van der Waals surface area contributed by atoms with Crippen LogP contribution in [0, 0.1) is 0 Å². The molecule has 0 spiro atoms. The van der Waals surface area contributed by atoms with Crippen molar-refractivity contribution in [3.05, 3.63) is 28.2 Å². The summed E-state index contributed by atoms with van der Waals surface area (Å²) in [7, 11) is 0. The Labute approximate surface area is 137 Å². The summed E-state index contributed by atoms with van der Waals surface area (Å²) >= 11 is 7.18. The third kappa shape index (κ3) is 3.21. The van der Waals surface area contributed by atoms with Gasteiger partial charge in [-0.15, -0.1) is 0 Å². The van der Waals surface area contributed by atoms with E-state index in [1.54, 1.807) is 0 Å². The molecule has 0 bridgehead atoms. The number of halogens is 2. The first-order valence-corrected chi connectivity index (χ1v) is 9.10. The van der Waals surface area contributed by atoms with Gasteiger partial charge in [0.1, 0.15) is 0 Å². The molecule has 2 aliphatic heterocycles. The van der Waals surface area contributed by atoms with E-state index in [1.165, 1.54) is 22.1 Å². The minimum atomic E-state index is 0.688. The van der Waals surface area contributed by atoms with Crippen LogP contribution in [-0.4, -0.2) is 50.3 Å². The molecule has 0 radical (unpaired) electrons. The second-order valence-corrected chi connectivity index (χ2v) is 6.86. The Balaban J connectivity index is 1.65. The van der Waals surface area contributed by atoms with E-state index in [-0.39, 0.29) is 0 Å². The predicted octanol–water partition coefficient (Wildman–Crippen LogP) is 3.25. The first kappa shape index (κ1) is 14.8. The van der Waals surface area contributed by atoms with Gasteiger partial charge in [0.15, 0.2) is 0 Å². The van der Waals surface area contributed by atoms with Gasteiger partial charge in [-0.25, -0.2) is 0 Å². The summed E-state index contributed by atoms with van der Waals surface area (Å²) in [4.78, 5) is 5.09. The first-order chi connectivity index (χ1) is 9.78. The molecule has 20 heavy (non-hydrogen) atoms. The van der Waals surface area contributed by atoms with Crippen LogP contribution >= 0.6 is 31.9 Å². The monoisotopic (exact) mass is 402 g/mol. The lowest BCUT2D eigenvalue weighted by molar-refractivity contribution is 0.0209. The molecule has 0 aromatic heterocycles. The summed E-state index contributed by atoms with van der Waals surface area (Å²) < 4.78 is 6.64. The van der Waals surface area contributed by atoms with Gasteiger partial charge in [-0.05, 0) is 24.1 Å². The van der Waals surface area contributed by atoms with E-state index < -0.39 is 0 Å². The molecule has 0 aliphatic carbocycles. The molecule has 110 valence electrons. The average molecular weight is 404 g/mol. The highest BCUT2D eigenvalue weighted by Gasteiger charge is 2.28. The lowest BCUT2D eigenvalue weighted by Crippen LogP contribution is -2.44. The normalized spacial score (nSPS) is 24.3. The number of morpholine rings is 1. The Morgan fingerprint density at radius 3 is 2.70 bits per heavy atom. The maximum Gasteiger partial charge on any atom is 0.0594 e. The van der Waals surface area contributed by atoms with Gasteiger partial charge >= 0.3 is 0 Å². The zero-order chi connectivity index (χ0) is 13.9. The van der Waals surface area contributed by atoms with Gasteiger partial charge < -0.3 is 9.64 Å². The number of rotatable bonds is 3. The maximum absolute atomic E-state index is 5.45. The van der Waals surface area contributed by atoms with Gasteiger partial charge in [-0.2, -0.15) is 0 Å². The maximum atomic E-state index is 5.45. The quantitative estimate of drug-likeness (QED) is 0.720. The van der Waals surface area contributed by atoms with Gasteiger partial charge in [0.05, 0.1) is 13.2 Å². The van der Waals surface area contributed by atoms with Crippen LogP contribution in [0.5, 0.6) is 0 Å². The SMILES string of the molecule is BrCc1ccc(N2CCC(N3CCOCC3)C2)cc1Br. The summed E-state index contributed by atoms with van der Waals surface area (Å²) in [6.45, 7) is 6.25. The minimum Gasteiger partial charge on any atom is -0.379 e. The van der Waals surface area contributed by atoms with Crippen LogP contribution in [0.15, 0.2) is 22.7 Å². The van der Waals surface area contributed by atoms with Crippen LogP contribution in [0.4, 0.5) is 5.69 Å². The molecule has 5 heteroatoms. The van der Waals surface area contributed by atoms with E-state index >= 15 is 0 Å². The lowest BCUT2D eigenvalue weighted by Gasteiger charge is -2.32. The zero-order valence-electron chi connectivity index (χ0n) is 11.5. The third-order valence-corrected chi connectivity index (χ3v) is 5.61. The van der Waals surface area contributed by atoms with E-state index in [4.69, 9.17) is 4.74 Å². The van der Waals surface area contributed by atoms with Crippen molar-refractivity contribution in [3.63, 3.8) is 0 Å². The van der Waals surface area contributed by atoms with Crippen LogP contribution in [0.25, 0.3) is 0 Å². The predicted molar refractivity (Wildman–Crippen MR) is 89.8 cm³/mol. The number of anilines is 1. The Bertz CT molecular complexity index is 463. The molecule has 1 unspecified atom stereocenters. The van der Waals surface area contributed by atoms with Crippen molar-refractivity contribution in [2.45, 2.75) is 17.8 Å². The summed E-state index contributed by atoms with van der Waals surface area (Å²) in [6, 6.07) is 7.38. The van der Waals surface area contributed by atoms with Gasteiger partial charge in [0.25, 0.3) is 0 Å². The van der Waals surface area contributed by atoms with Gasteiger partial charge in [0, 0.05) is 47.7 Å². The Morgan fingerprint density at radius 2 is 2.00 bits per heavy atom. The molecule has 2 fully saturated rings. The van der Waals surface area contributed by atoms with Crippen LogP contribution in [0.1, 0.15) is 12.0 Å². The van der Waals surface area contributed by atoms with Gasteiger partial charge in [-0.1, -0.05) is 37.9 Å². The molecule has 0 N–H and O–H groups in total. The zero-order valence-corrected chi connectivity index (χ0v) is 14.7. The molecule has 3 nitrogen and oxygen atoms in total. The summed E-state index contributed by atoms with van der Waals surface area (Å²) in [5.74, 6) is 0. The van der Waals surface area contributed by atoms with Crippen LogP contribution in [0.2, 0.25) is 0 Å². The minimum absolute atomic E-state index is 0.688. The van der Waals surface area contributed by atoms with E-state index in [0.717, 1.165) is 44.7 Å². The molecule has 3 rings (SSSR count). The lowest BCUT2D eigenvalue weighted by atomic mass is 10.2. The summed E-state index contributed by atoms with van der Waals surface area (Å²) in [6.07, 6.45) is 1.26. The number of nitrogens with zero attached hydrogens (tertiary/aromatic N) is 2. The molecule has 1 atom stereocenters. The Morgan fingerprint density at radius 1 is 1.20 bits per heavy atom. The number of hydrogen-bond donors (Lipinski definition) is 0. The van der Waals surface area contributed by atoms with Gasteiger partial charge in [0.2, 0.25) is 0 Å². The summed E-state index contributed by atoms with van der Waals surface area (Å²) in [5.41, 5.74) is 2.63. The average Bonchev–Trinajstić information content (AvgIpc) is 2.98. The number of hydrogen-bond acceptors (Lipinski definition) is 3. The van der Waals surface area contributed by atoms with Crippen LogP contribution < -0.4 is 4.90 Å². The highest BCUT2D eigenvalue weighted by molar-refractivity contribution is 9.10. The molecule has 2 aliphatic rings. The summed E-state index contributed by atoms with van der Waals surface area (Å²) in [5, 5.41) is 0.893. The first-order valence-electron chi connectivity index (χ1n) is 7.19. The van der Waals surface area contributed by atoms with Crippen LogP contribution in [-0.2, 0) is 10.1 Å².